The van der Waals surface area contributed by atoms with Gasteiger partial charge >= 0.3 is 0 Å². The van der Waals surface area contributed by atoms with Crippen molar-refractivity contribution in [2.24, 2.45) is 0 Å². The second-order valence-electron chi connectivity index (χ2n) is 7.69. The Balaban J connectivity index is 1.70. The Kier molecular flexibility index (Phi) is 6.42. The lowest BCUT2D eigenvalue weighted by molar-refractivity contribution is -0.113. The van der Waals surface area contributed by atoms with Crippen LogP contribution in [0.15, 0.2) is 76.7 Å². The van der Waals surface area contributed by atoms with Crippen LogP contribution >= 0.6 is 11.8 Å². The van der Waals surface area contributed by atoms with Gasteiger partial charge in [-0.25, -0.2) is 4.98 Å². The first kappa shape index (κ1) is 21.8. The standard InChI is InChI=1S/C26H25N3O2S/c1-4-19-9-5-7-11-21(19)27-24(30)16-32-26-28-22-12-8-6-10-20(22)25(31)29(26)23-14-13-17(2)15-18(23)3/h5-15H,4,16H2,1-3H3,(H,27,30). The Morgan fingerprint density at radius 2 is 1.78 bits per heavy atom. The van der Waals surface area contributed by atoms with Crippen molar-refractivity contribution in [3.63, 3.8) is 0 Å². The highest BCUT2D eigenvalue weighted by atomic mass is 32.2. The number of rotatable bonds is 6. The fourth-order valence-electron chi connectivity index (χ4n) is 3.74. The first-order valence-corrected chi connectivity index (χ1v) is 11.6. The first-order chi connectivity index (χ1) is 15.5. The summed E-state index contributed by atoms with van der Waals surface area (Å²) in [7, 11) is 0. The summed E-state index contributed by atoms with van der Waals surface area (Å²) in [6, 6.07) is 21.0. The van der Waals surface area contributed by atoms with Crippen LogP contribution in [-0.4, -0.2) is 21.2 Å². The van der Waals surface area contributed by atoms with Crippen molar-refractivity contribution in [3.8, 4) is 5.69 Å². The van der Waals surface area contributed by atoms with Crippen LogP contribution in [0.2, 0.25) is 0 Å². The predicted molar refractivity (Wildman–Crippen MR) is 132 cm³/mol. The number of carbonyl (C=O) groups is 1. The lowest BCUT2D eigenvalue weighted by Crippen LogP contribution is -2.23. The Morgan fingerprint density at radius 3 is 2.56 bits per heavy atom. The molecule has 0 aliphatic carbocycles. The number of anilines is 1. The average Bonchev–Trinajstić information content (AvgIpc) is 2.79. The highest BCUT2D eigenvalue weighted by Gasteiger charge is 2.16. The SMILES string of the molecule is CCc1ccccc1NC(=O)CSc1nc2ccccc2c(=O)n1-c1ccc(C)cc1C. The van der Waals surface area contributed by atoms with Crippen LogP contribution in [0.25, 0.3) is 16.6 Å². The predicted octanol–water partition coefficient (Wildman–Crippen LogP) is 5.30. The molecule has 0 saturated carbocycles. The minimum atomic E-state index is -0.137. The van der Waals surface area contributed by atoms with Crippen LogP contribution in [0.1, 0.15) is 23.6 Å². The molecule has 1 N–H and O–H groups in total. The van der Waals surface area contributed by atoms with Crippen molar-refractivity contribution in [1.29, 1.82) is 0 Å². The van der Waals surface area contributed by atoms with E-state index in [0.29, 0.717) is 16.1 Å². The molecule has 0 fully saturated rings. The van der Waals surface area contributed by atoms with Gasteiger partial charge in [-0.05, 0) is 55.7 Å². The second kappa shape index (κ2) is 9.40. The number of para-hydroxylation sites is 2. The molecule has 4 rings (SSSR count). The van der Waals surface area contributed by atoms with Crippen molar-refractivity contribution in [1.82, 2.24) is 9.55 Å². The molecule has 3 aromatic carbocycles. The van der Waals surface area contributed by atoms with Gasteiger partial charge in [0.05, 0.1) is 22.3 Å². The van der Waals surface area contributed by atoms with Crippen molar-refractivity contribution in [3.05, 3.63) is 93.8 Å². The van der Waals surface area contributed by atoms with Gasteiger partial charge in [0.2, 0.25) is 5.91 Å². The Hall–Kier alpha value is -3.38. The topological polar surface area (TPSA) is 64.0 Å². The molecule has 0 aliphatic rings. The molecule has 0 spiro atoms. The maximum atomic E-state index is 13.4. The number of hydrogen-bond acceptors (Lipinski definition) is 4. The number of fused-ring (bicyclic) bond motifs is 1. The number of hydrogen-bond donors (Lipinski definition) is 1. The summed E-state index contributed by atoms with van der Waals surface area (Å²) in [5.74, 6) is 0.0128. The normalized spacial score (nSPS) is 11.0. The Bertz CT molecular complexity index is 1360. The number of carbonyl (C=O) groups excluding carboxylic acids is 1. The van der Waals surface area contributed by atoms with Crippen molar-refractivity contribution in [2.45, 2.75) is 32.3 Å². The molecule has 1 heterocycles. The largest absolute Gasteiger partial charge is 0.325 e. The van der Waals surface area contributed by atoms with E-state index in [1.165, 1.54) is 11.8 Å². The van der Waals surface area contributed by atoms with Crippen LogP contribution in [0.3, 0.4) is 0 Å². The fourth-order valence-corrected chi connectivity index (χ4v) is 4.55. The smallest absolute Gasteiger partial charge is 0.266 e. The minimum Gasteiger partial charge on any atom is -0.325 e. The third-order valence-corrected chi connectivity index (χ3v) is 6.28. The zero-order chi connectivity index (χ0) is 22.7. The van der Waals surface area contributed by atoms with Gasteiger partial charge in [0.25, 0.3) is 5.56 Å². The fraction of sp³-hybridized carbons (Fsp3) is 0.192. The lowest BCUT2D eigenvalue weighted by Gasteiger charge is -2.16. The molecule has 0 radical (unpaired) electrons. The maximum Gasteiger partial charge on any atom is 0.266 e. The molecular formula is C26H25N3O2S. The summed E-state index contributed by atoms with van der Waals surface area (Å²) >= 11 is 1.26. The number of nitrogens with one attached hydrogen (secondary N) is 1. The Labute approximate surface area is 191 Å². The molecule has 0 bridgehead atoms. The number of nitrogens with zero attached hydrogens (tertiary/aromatic N) is 2. The van der Waals surface area contributed by atoms with Crippen LogP contribution in [0.4, 0.5) is 5.69 Å². The molecule has 162 valence electrons. The molecule has 5 nitrogen and oxygen atoms in total. The monoisotopic (exact) mass is 443 g/mol. The molecule has 0 unspecified atom stereocenters. The van der Waals surface area contributed by atoms with Crippen LogP contribution < -0.4 is 10.9 Å². The summed E-state index contributed by atoms with van der Waals surface area (Å²) in [5, 5.41) is 4.04. The van der Waals surface area contributed by atoms with Gasteiger partial charge in [0.1, 0.15) is 0 Å². The number of thioether (sulfide) groups is 1. The van der Waals surface area contributed by atoms with Gasteiger partial charge in [-0.1, -0.05) is 66.7 Å². The van der Waals surface area contributed by atoms with Crippen molar-refractivity contribution < 1.29 is 4.79 Å². The number of aryl methyl sites for hydroxylation is 3. The van der Waals surface area contributed by atoms with E-state index in [4.69, 9.17) is 4.98 Å². The molecule has 32 heavy (non-hydrogen) atoms. The summed E-state index contributed by atoms with van der Waals surface area (Å²) in [6.07, 6.45) is 0.835. The van der Waals surface area contributed by atoms with Gasteiger partial charge in [-0.2, -0.15) is 0 Å². The summed E-state index contributed by atoms with van der Waals surface area (Å²) in [6.45, 7) is 6.06. The first-order valence-electron chi connectivity index (χ1n) is 10.6. The van der Waals surface area contributed by atoms with E-state index in [9.17, 15) is 9.59 Å². The van der Waals surface area contributed by atoms with Gasteiger partial charge in [0.15, 0.2) is 5.16 Å². The highest BCUT2D eigenvalue weighted by molar-refractivity contribution is 7.99. The van der Waals surface area contributed by atoms with Gasteiger partial charge in [-0.15, -0.1) is 0 Å². The van der Waals surface area contributed by atoms with E-state index in [0.717, 1.165) is 34.5 Å². The van der Waals surface area contributed by atoms with Gasteiger partial charge in [0, 0.05) is 5.69 Å². The van der Waals surface area contributed by atoms with E-state index in [-0.39, 0.29) is 17.2 Å². The average molecular weight is 444 g/mol. The zero-order valence-electron chi connectivity index (χ0n) is 18.4. The van der Waals surface area contributed by atoms with E-state index in [1.54, 1.807) is 10.6 Å². The molecule has 1 aromatic heterocycles. The Morgan fingerprint density at radius 1 is 1.03 bits per heavy atom. The van der Waals surface area contributed by atoms with E-state index in [1.807, 2.05) is 74.5 Å². The third kappa shape index (κ3) is 4.46. The van der Waals surface area contributed by atoms with Crippen LogP contribution in [0, 0.1) is 13.8 Å². The van der Waals surface area contributed by atoms with E-state index in [2.05, 4.69) is 12.2 Å². The second-order valence-corrected chi connectivity index (χ2v) is 8.63. The quantitative estimate of drug-likeness (QED) is 0.325. The van der Waals surface area contributed by atoms with Crippen molar-refractivity contribution in [2.75, 3.05) is 11.1 Å². The molecule has 4 aromatic rings. The minimum absolute atomic E-state index is 0.134. The number of amides is 1. The molecule has 0 saturated heterocycles. The number of aromatic nitrogens is 2. The van der Waals surface area contributed by atoms with Crippen LogP contribution in [-0.2, 0) is 11.2 Å². The summed E-state index contributed by atoms with van der Waals surface area (Å²) in [4.78, 5) is 30.9. The molecule has 0 aliphatic heterocycles. The van der Waals surface area contributed by atoms with Gasteiger partial charge < -0.3 is 5.32 Å². The lowest BCUT2D eigenvalue weighted by atomic mass is 10.1. The summed E-state index contributed by atoms with van der Waals surface area (Å²) < 4.78 is 1.62. The summed E-state index contributed by atoms with van der Waals surface area (Å²) in [5.41, 5.74) is 5.27. The van der Waals surface area contributed by atoms with Crippen molar-refractivity contribution >= 4 is 34.3 Å². The number of benzene rings is 3. The van der Waals surface area contributed by atoms with E-state index >= 15 is 0 Å². The molecular weight excluding hydrogens is 418 g/mol. The van der Waals surface area contributed by atoms with E-state index < -0.39 is 0 Å². The third-order valence-electron chi connectivity index (χ3n) is 5.34. The van der Waals surface area contributed by atoms with Crippen LogP contribution in [0.5, 0.6) is 0 Å². The van der Waals surface area contributed by atoms with Gasteiger partial charge in [-0.3, -0.25) is 14.2 Å². The molecule has 6 heteroatoms. The molecule has 0 atom stereocenters. The highest BCUT2D eigenvalue weighted by Crippen LogP contribution is 2.24. The zero-order valence-corrected chi connectivity index (χ0v) is 19.2. The maximum absolute atomic E-state index is 13.4. The molecule has 1 amide bonds.